The van der Waals surface area contributed by atoms with Gasteiger partial charge >= 0.3 is 0 Å². The fraction of sp³-hybridized carbons (Fsp3) is 0.455. The molecule has 31 heavy (non-hydrogen) atoms. The number of carbonyl (C=O) groups excluding carboxylic acids is 1. The Kier molecular flexibility index (Phi) is 5.88. The van der Waals surface area contributed by atoms with E-state index in [1.54, 1.807) is 10.7 Å². The Morgan fingerprint density at radius 1 is 1.23 bits per heavy atom. The van der Waals surface area contributed by atoms with Crippen LogP contribution in [0.4, 0.5) is 5.82 Å². The van der Waals surface area contributed by atoms with Gasteiger partial charge in [-0.25, -0.2) is 14.6 Å². The summed E-state index contributed by atoms with van der Waals surface area (Å²) in [7, 11) is 4.15. The SMILES string of the molecule is Cc1cc(C)n(-c2cc(NC(=O)CN3CC[C@@H](N(C)C)C3)nc(-c3ccc(C)o3)n2)n1. The number of hydrogen-bond acceptors (Lipinski definition) is 7. The number of likely N-dealkylation sites (tertiary alicyclic amines) is 1. The zero-order chi connectivity index (χ0) is 22.1. The molecule has 1 saturated heterocycles. The molecule has 9 heteroatoms. The second-order valence-corrected chi connectivity index (χ2v) is 8.37. The van der Waals surface area contributed by atoms with Gasteiger partial charge in [-0.15, -0.1) is 0 Å². The maximum absolute atomic E-state index is 12.7. The van der Waals surface area contributed by atoms with E-state index in [9.17, 15) is 4.79 Å². The van der Waals surface area contributed by atoms with Crippen LogP contribution in [-0.4, -0.2) is 75.2 Å². The lowest BCUT2D eigenvalue weighted by atomic mass is 10.2. The molecule has 1 fully saturated rings. The molecule has 0 unspecified atom stereocenters. The summed E-state index contributed by atoms with van der Waals surface area (Å²) in [5.41, 5.74) is 1.84. The third kappa shape index (κ3) is 4.83. The van der Waals surface area contributed by atoms with Gasteiger partial charge in [0.05, 0.1) is 12.2 Å². The zero-order valence-corrected chi connectivity index (χ0v) is 18.7. The van der Waals surface area contributed by atoms with Crippen LogP contribution in [0.1, 0.15) is 23.6 Å². The number of anilines is 1. The smallest absolute Gasteiger partial charge is 0.239 e. The first-order chi connectivity index (χ1) is 14.8. The molecule has 0 aromatic carbocycles. The van der Waals surface area contributed by atoms with Gasteiger partial charge in [-0.2, -0.15) is 5.10 Å². The molecule has 0 saturated carbocycles. The Labute approximate surface area is 182 Å². The van der Waals surface area contributed by atoms with Gasteiger partial charge < -0.3 is 14.6 Å². The van der Waals surface area contributed by atoms with Crippen LogP contribution < -0.4 is 5.32 Å². The molecular weight excluding hydrogens is 394 g/mol. The topological polar surface area (TPSA) is 92.3 Å². The lowest BCUT2D eigenvalue weighted by Gasteiger charge is -2.20. The van der Waals surface area contributed by atoms with E-state index in [1.807, 2.05) is 39.0 Å². The van der Waals surface area contributed by atoms with Gasteiger partial charge in [-0.3, -0.25) is 9.69 Å². The number of nitrogens with one attached hydrogen (secondary N) is 1. The van der Waals surface area contributed by atoms with Crippen molar-refractivity contribution in [3.63, 3.8) is 0 Å². The molecule has 0 aliphatic carbocycles. The first kappa shape index (κ1) is 21.2. The van der Waals surface area contributed by atoms with Crippen molar-refractivity contribution >= 4 is 11.7 Å². The molecule has 4 heterocycles. The lowest BCUT2D eigenvalue weighted by Crippen LogP contribution is -2.35. The number of nitrogens with zero attached hydrogens (tertiary/aromatic N) is 6. The van der Waals surface area contributed by atoms with E-state index in [0.717, 1.165) is 36.7 Å². The lowest BCUT2D eigenvalue weighted by molar-refractivity contribution is -0.117. The molecule has 4 rings (SSSR count). The van der Waals surface area contributed by atoms with Crippen molar-refractivity contribution in [2.45, 2.75) is 33.2 Å². The van der Waals surface area contributed by atoms with Crippen LogP contribution in [0.3, 0.4) is 0 Å². The number of amides is 1. The maximum atomic E-state index is 12.7. The Bertz CT molecular complexity index is 1090. The van der Waals surface area contributed by atoms with E-state index in [4.69, 9.17) is 4.42 Å². The standard InChI is InChI=1S/C22H29N7O2/c1-14-10-15(2)29(26-14)20-11-19(24-22(25-20)18-7-6-16(3)31-18)23-21(30)13-28-9-8-17(12-28)27(4)5/h6-7,10-11,17H,8-9,12-13H2,1-5H3,(H,23,24,25,30)/t17-/m1/s1. The van der Waals surface area contributed by atoms with E-state index in [-0.39, 0.29) is 5.91 Å². The van der Waals surface area contributed by atoms with Crippen molar-refractivity contribution in [1.82, 2.24) is 29.5 Å². The highest BCUT2D eigenvalue weighted by atomic mass is 16.3. The molecule has 1 N–H and O–H groups in total. The minimum absolute atomic E-state index is 0.0981. The van der Waals surface area contributed by atoms with Crippen LogP contribution in [0.2, 0.25) is 0 Å². The van der Waals surface area contributed by atoms with E-state index < -0.39 is 0 Å². The number of hydrogen-bond donors (Lipinski definition) is 1. The third-order valence-corrected chi connectivity index (χ3v) is 5.51. The average molecular weight is 424 g/mol. The number of furan rings is 1. The molecule has 3 aromatic rings. The molecule has 164 valence electrons. The van der Waals surface area contributed by atoms with Crippen molar-refractivity contribution in [3.8, 4) is 17.4 Å². The van der Waals surface area contributed by atoms with Gasteiger partial charge in [0.25, 0.3) is 0 Å². The molecule has 3 aromatic heterocycles. The maximum Gasteiger partial charge on any atom is 0.239 e. The highest BCUT2D eigenvalue weighted by molar-refractivity contribution is 5.91. The highest BCUT2D eigenvalue weighted by Crippen LogP contribution is 2.23. The molecule has 0 bridgehead atoms. The summed E-state index contributed by atoms with van der Waals surface area (Å²) < 4.78 is 7.46. The molecule has 1 atom stereocenters. The molecule has 1 aliphatic heterocycles. The van der Waals surface area contributed by atoms with Crippen LogP contribution in [0.15, 0.2) is 28.7 Å². The van der Waals surface area contributed by atoms with Crippen LogP contribution >= 0.6 is 0 Å². The van der Waals surface area contributed by atoms with Gasteiger partial charge in [0.2, 0.25) is 5.91 Å². The van der Waals surface area contributed by atoms with Gasteiger partial charge in [-0.1, -0.05) is 0 Å². The van der Waals surface area contributed by atoms with Crippen molar-refractivity contribution in [2.24, 2.45) is 0 Å². The molecular formula is C22H29N7O2. The zero-order valence-electron chi connectivity index (χ0n) is 18.7. The molecule has 0 radical (unpaired) electrons. The van der Waals surface area contributed by atoms with Gasteiger partial charge in [-0.05, 0) is 59.5 Å². The third-order valence-electron chi connectivity index (χ3n) is 5.51. The number of aryl methyl sites for hydroxylation is 3. The largest absolute Gasteiger partial charge is 0.458 e. The predicted octanol–water partition coefficient (Wildman–Crippen LogP) is 2.42. The van der Waals surface area contributed by atoms with E-state index in [2.05, 4.69) is 44.3 Å². The Balaban J connectivity index is 1.58. The highest BCUT2D eigenvalue weighted by Gasteiger charge is 2.25. The fourth-order valence-corrected chi connectivity index (χ4v) is 3.90. The first-order valence-corrected chi connectivity index (χ1v) is 10.5. The van der Waals surface area contributed by atoms with Gasteiger partial charge in [0.1, 0.15) is 11.6 Å². The molecule has 9 nitrogen and oxygen atoms in total. The van der Waals surface area contributed by atoms with E-state index in [0.29, 0.717) is 35.8 Å². The molecule has 1 aliphatic rings. The van der Waals surface area contributed by atoms with Crippen LogP contribution in [0, 0.1) is 20.8 Å². The number of carbonyl (C=O) groups is 1. The summed E-state index contributed by atoms with van der Waals surface area (Å²) >= 11 is 0. The van der Waals surface area contributed by atoms with Crippen molar-refractivity contribution < 1.29 is 9.21 Å². The summed E-state index contributed by atoms with van der Waals surface area (Å²) in [6.45, 7) is 7.89. The predicted molar refractivity (Wildman–Crippen MR) is 118 cm³/mol. The average Bonchev–Trinajstić information content (AvgIpc) is 3.41. The van der Waals surface area contributed by atoms with E-state index in [1.165, 1.54) is 0 Å². The number of rotatable bonds is 6. The number of aromatic nitrogens is 4. The second-order valence-electron chi connectivity index (χ2n) is 8.37. The van der Waals surface area contributed by atoms with Crippen LogP contribution in [0.5, 0.6) is 0 Å². The van der Waals surface area contributed by atoms with Crippen LogP contribution in [-0.2, 0) is 4.79 Å². The van der Waals surface area contributed by atoms with Crippen LogP contribution in [0.25, 0.3) is 17.4 Å². The molecule has 1 amide bonds. The Morgan fingerprint density at radius 2 is 2.03 bits per heavy atom. The monoisotopic (exact) mass is 423 g/mol. The minimum atomic E-state index is -0.0981. The first-order valence-electron chi connectivity index (χ1n) is 10.5. The molecule has 0 spiro atoms. The van der Waals surface area contributed by atoms with Gasteiger partial charge in [0.15, 0.2) is 17.4 Å². The quantitative estimate of drug-likeness (QED) is 0.651. The summed E-state index contributed by atoms with van der Waals surface area (Å²) in [6, 6.07) is 7.89. The minimum Gasteiger partial charge on any atom is -0.458 e. The summed E-state index contributed by atoms with van der Waals surface area (Å²) in [6.07, 6.45) is 1.07. The fourth-order valence-electron chi connectivity index (χ4n) is 3.90. The Morgan fingerprint density at radius 3 is 2.65 bits per heavy atom. The number of likely N-dealkylation sites (N-methyl/N-ethyl adjacent to an activating group) is 1. The normalized spacial score (nSPS) is 16.9. The second kappa shape index (κ2) is 8.60. The summed E-state index contributed by atoms with van der Waals surface area (Å²) in [4.78, 5) is 26.3. The van der Waals surface area contributed by atoms with Crippen molar-refractivity contribution in [1.29, 1.82) is 0 Å². The van der Waals surface area contributed by atoms with Crippen molar-refractivity contribution in [3.05, 3.63) is 41.4 Å². The Hall–Kier alpha value is -3.04. The summed E-state index contributed by atoms with van der Waals surface area (Å²) in [5.74, 6) is 2.62. The van der Waals surface area contributed by atoms with E-state index >= 15 is 0 Å². The summed E-state index contributed by atoms with van der Waals surface area (Å²) in [5, 5.41) is 7.46. The van der Waals surface area contributed by atoms with Gasteiger partial charge in [0, 0.05) is 30.9 Å². The van der Waals surface area contributed by atoms with Crippen molar-refractivity contribution in [2.75, 3.05) is 39.0 Å².